The van der Waals surface area contributed by atoms with Gasteiger partial charge in [0, 0.05) is 6.04 Å². The van der Waals surface area contributed by atoms with E-state index in [0.29, 0.717) is 11.3 Å². The summed E-state index contributed by atoms with van der Waals surface area (Å²) in [7, 11) is -3.21. The number of benzene rings is 1. The van der Waals surface area contributed by atoms with Crippen LogP contribution in [0.3, 0.4) is 0 Å². The summed E-state index contributed by atoms with van der Waals surface area (Å²) < 4.78 is 24.7. The van der Waals surface area contributed by atoms with Crippen LogP contribution in [0.1, 0.15) is 38.7 Å². The summed E-state index contributed by atoms with van der Waals surface area (Å²) in [6, 6.07) is 7.16. The third kappa shape index (κ3) is 4.31. The third-order valence-electron chi connectivity index (χ3n) is 4.42. The maximum Gasteiger partial charge on any atom is 0.178 e. The molecule has 0 spiro atoms. The summed E-state index contributed by atoms with van der Waals surface area (Å²) >= 11 is 0. The summed E-state index contributed by atoms with van der Waals surface area (Å²) in [6.07, 6.45) is 2.65. The van der Waals surface area contributed by atoms with Crippen molar-refractivity contribution in [3.63, 3.8) is 0 Å². The minimum atomic E-state index is -3.21. The van der Waals surface area contributed by atoms with E-state index < -0.39 is 15.4 Å². The third-order valence-corrected chi connectivity index (χ3v) is 6.23. The largest absolute Gasteiger partial charge is 0.389 e. The maximum atomic E-state index is 12.3. The molecule has 1 heterocycles. The molecule has 124 valence electrons. The van der Waals surface area contributed by atoms with Gasteiger partial charge in [-0.25, -0.2) is 8.42 Å². The molecule has 0 bridgehead atoms. The molecule has 1 aliphatic heterocycles. The number of likely N-dealkylation sites (tertiary alicyclic amines) is 1. The van der Waals surface area contributed by atoms with E-state index in [1.807, 2.05) is 32.9 Å². The van der Waals surface area contributed by atoms with Gasteiger partial charge < -0.3 is 5.11 Å². The monoisotopic (exact) mass is 325 g/mol. The topological polar surface area (TPSA) is 57.6 Å². The Morgan fingerprint density at radius 3 is 2.50 bits per heavy atom. The van der Waals surface area contributed by atoms with Crippen LogP contribution in [-0.4, -0.2) is 48.9 Å². The number of hydrogen-bond acceptors (Lipinski definition) is 4. The number of rotatable bonds is 6. The molecular formula is C17H27NO3S. The molecule has 1 aliphatic rings. The van der Waals surface area contributed by atoms with Crippen molar-refractivity contribution >= 4 is 9.84 Å². The van der Waals surface area contributed by atoms with E-state index in [0.717, 1.165) is 31.5 Å². The molecule has 0 radical (unpaired) electrons. The Morgan fingerprint density at radius 1 is 1.27 bits per heavy atom. The summed E-state index contributed by atoms with van der Waals surface area (Å²) in [4.78, 5) is 2.63. The van der Waals surface area contributed by atoms with Gasteiger partial charge in [-0.3, -0.25) is 4.90 Å². The minimum absolute atomic E-state index is 0.134. The zero-order chi connectivity index (χ0) is 16.4. The van der Waals surface area contributed by atoms with Crippen LogP contribution in [0.15, 0.2) is 29.2 Å². The molecule has 1 atom stereocenters. The molecule has 1 saturated heterocycles. The van der Waals surface area contributed by atoms with E-state index in [2.05, 4.69) is 4.90 Å². The van der Waals surface area contributed by atoms with Gasteiger partial charge in [0.2, 0.25) is 0 Å². The first kappa shape index (κ1) is 17.4. The average molecular weight is 325 g/mol. The van der Waals surface area contributed by atoms with Gasteiger partial charge in [-0.15, -0.1) is 0 Å². The van der Waals surface area contributed by atoms with Crippen molar-refractivity contribution in [1.82, 2.24) is 4.90 Å². The fourth-order valence-corrected chi connectivity index (χ4v) is 4.51. The van der Waals surface area contributed by atoms with Crippen LogP contribution in [-0.2, 0) is 9.84 Å². The van der Waals surface area contributed by atoms with Crippen molar-refractivity contribution in [2.45, 2.75) is 56.6 Å². The molecule has 0 aromatic heterocycles. The van der Waals surface area contributed by atoms with Gasteiger partial charge in [0.1, 0.15) is 0 Å². The second-order valence-corrected chi connectivity index (χ2v) is 8.94. The van der Waals surface area contributed by atoms with Crippen LogP contribution in [0.2, 0.25) is 0 Å². The molecule has 5 heteroatoms. The van der Waals surface area contributed by atoms with Crippen molar-refractivity contribution in [1.29, 1.82) is 0 Å². The summed E-state index contributed by atoms with van der Waals surface area (Å²) in [5.41, 5.74) is 0.329. The smallest absolute Gasteiger partial charge is 0.178 e. The highest BCUT2D eigenvalue weighted by atomic mass is 32.2. The molecule has 1 aromatic carbocycles. The van der Waals surface area contributed by atoms with Crippen molar-refractivity contribution in [2.75, 3.05) is 18.8 Å². The first-order valence-electron chi connectivity index (χ1n) is 7.96. The lowest BCUT2D eigenvalue weighted by atomic mass is 9.96. The van der Waals surface area contributed by atoms with Gasteiger partial charge in [-0.1, -0.05) is 17.7 Å². The first-order chi connectivity index (χ1) is 10.2. The van der Waals surface area contributed by atoms with Crippen molar-refractivity contribution < 1.29 is 13.5 Å². The van der Waals surface area contributed by atoms with Crippen molar-refractivity contribution in [3.8, 4) is 0 Å². The van der Waals surface area contributed by atoms with Crippen LogP contribution in [0.4, 0.5) is 0 Å². The SMILES string of the molecule is Cc1ccc(S(=O)(=O)CCCN2CCCC2C(C)(C)O)cc1. The van der Waals surface area contributed by atoms with E-state index in [1.165, 1.54) is 0 Å². The second kappa shape index (κ2) is 6.69. The molecule has 4 nitrogen and oxygen atoms in total. The first-order valence-corrected chi connectivity index (χ1v) is 9.61. The molecule has 0 aliphatic carbocycles. The Kier molecular flexibility index (Phi) is 5.30. The molecule has 2 rings (SSSR count). The molecule has 0 saturated carbocycles. The van der Waals surface area contributed by atoms with E-state index >= 15 is 0 Å². The lowest BCUT2D eigenvalue weighted by molar-refractivity contribution is -0.00217. The van der Waals surface area contributed by atoms with E-state index in [4.69, 9.17) is 0 Å². The Balaban J connectivity index is 1.91. The van der Waals surface area contributed by atoms with Gasteiger partial charge in [-0.2, -0.15) is 0 Å². The highest BCUT2D eigenvalue weighted by Gasteiger charge is 2.35. The van der Waals surface area contributed by atoms with Gasteiger partial charge in [-0.05, 0) is 65.3 Å². The molecule has 1 unspecified atom stereocenters. The Hall–Kier alpha value is -0.910. The van der Waals surface area contributed by atoms with Crippen LogP contribution < -0.4 is 0 Å². The molecule has 22 heavy (non-hydrogen) atoms. The predicted molar refractivity (Wildman–Crippen MR) is 88.7 cm³/mol. The van der Waals surface area contributed by atoms with Gasteiger partial charge in [0.25, 0.3) is 0 Å². The molecule has 0 amide bonds. The van der Waals surface area contributed by atoms with Crippen LogP contribution in [0.25, 0.3) is 0 Å². The van der Waals surface area contributed by atoms with E-state index in [-0.39, 0.29) is 11.8 Å². The second-order valence-electron chi connectivity index (χ2n) is 6.83. The Labute approximate surface area is 134 Å². The number of nitrogens with zero attached hydrogens (tertiary/aromatic N) is 1. The van der Waals surface area contributed by atoms with Crippen LogP contribution >= 0.6 is 0 Å². The fraction of sp³-hybridized carbons (Fsp3) is 0.647. The minimum Gasteiger partial charge on any atom is -0.389 e. The molecular weight excluding hydrogens is 298 g/mol. The number of sulfone groups is 1. The lowest BCUT2D eigenvalue weighted by Gasteiger charge is -2.33. The Morgan fingerprint density at radius 2 is 1.91 bits per heavy atom. The molecule has 1 N–H and O–H groups in total. The zero-order valence-electron chi connectivity index (χ0n) is 13.7. The number of aliphatic hydroxyl groups is 1. The lowest BCUT2D eigenvalue weighted by Crippen LogP contribution is -2.46. The summed E-state index contributed by atoms with van der Waals surface area (Å²) in [5, 5.41) is 10.2. The van der Waals surface area contributed by atoms with Gasteiger partial charge >= 0.3 is 0 Å². The summed E-state index contributed by atoms with van der Waals surface area (Å²) in [6.45, 7) is 7.28. The van der Waals surface area contributed by atoms with E-state index in [9.17, 15) is 13.5 Å². The highest BCUT2D eigenvalue weighted by Crippen LogP contribution is 2.26. The summed E-state index contributed by atoms with van der Waals surface area (Å²) in [5.74, 6) is 0.158. The zero-order valence-corrected chi connectivity index (χ0v) is 14.6. The van der Waals surface area contributed by atoms with Gasteiger partial charge in [0.05, 0.1) is 16.2 Å². The van der Waals surface area contributed by atoms with Crippen molar-refractivity contribution in [3.05, 3.63) is 29.8 Å². The maximum absolute atomic E-state index is 12.3. The fourth-order valence-electron chi connectivity index (χ4n) is 3.21. The molecule has 1 fully saturated rings. The Bertz CT molecular complexity index is 587. The molecule has 1 aromatic rings. The average Bonchev–Trinajstić information content (AvgIpc) is 2.87. The van der Waals surface area contributed by atoms with Gasteiger partial charge in [0.15, 0.2) is 9.84 Å². The van der Waals surface area contributed by atoms with Crippen LogP contribution in [0.5, 0.6) is 0 Å². The predicted octanol–water partition coefficient (Wildman–Crippen LogP) is 2.39. The number of aryl methyl sites for hydroxylation is 1. The van der Waals surface area contributed by atoms with Crippen molar-refractivity contribution in [2.24, 2.45) is 0 Å². The quantitative estimate of drug-likeness (QED) is 0.872. The standard InChI is InChI=1S/C17H27NO3S/c1-14-7-9-15(10-8-14)22(20,21)13-5-12-18-11-4-6-16(18)17(2,3)19/h7-10,16,19H,4-6,11-13H2,1-3H3. The number of hydrogen-bond donors (Lipinski definition) is 1. The highest BCUT2D eigenvalue weighted by molar-refractivity contribution is 7.91. The van der Waals surface area contributed by atoms with E-state index in [1.54, 1.807) is 12.1 Å². The normalized spacial score (nSPS) is 20.5. The van der Waals surface area contributed by atoms with Crippen LogP contribution in [0, 0.1) is 6.92 Å².